The molecule has 0 N–H and O–H groups in total. The van der Waals surface area contributed by atoms with Crippen molar-refractivity contribution >= 4 is 0 Å². The Balaban J connectivity index is -0.0000000265. The maximum atomic E-state index is 8.66. The van der Waals surface area contributed by atoms with E-state index in [1.54, 1.807) is 0 Å². The summed E-state index contributed by atoms with van der Waals surface area (Å²) in [5, 5.41) is 0. The van der Waals surface area contributed by atoms with E-state index in [4.69, 9.17) is 20.6 Å². The van der Waals surface area contributed by atoms with E-state index in [2.05, 4.69) is 138 Å². The molecule has 0 fully saturated rings. The fraction of sp³-hybridized carbons (Fsp3) is 1.00. The van der Waals surface area contributed by atoms with E-state index >= 15 is 0 Å². The van der Waals surface area contributed by atoms with Gasteiger partial charge in [0.25, 0.3) is 0 Å². The Labute approximate surface area is 804 Å². The molecule has 0 bridgehead atoms. The van der Waals surface area contributed by atoms with Crippen molar-refractivity contribution in [2.24, 2.45) is 0 Å². The molecule has 0 aromatic carbocycles. The van der Waals surface area contributed by atoms with Crippen molar-refractivity contribution in [1.82, 2.24) is 0 Å². The Morgan fingerprint density at radius 2 is 0.155 bits per heavy atom. The van der Waals surface area contributed by atoms with E-state index in [1.165, 1.54) is 410 Å². The van der Waals surface area contributed by atoms with Gasteiger partial charge in [0.15, 0.2) is 0 Å². The summed E-state index contributed by atoms with van der Waals surface area (Å²) in [5.74, 6) is 0. The van der Waals surface area contributed by atoms with Crippen LogP contribution in [0.1, 0.15) is 395 Å². The molecule has 0 aromatic rings. The second-order valence-electron chi connectivity index (χ2n) is 29.2. The predicted octanol–water partition coefficient (Wildman–Crippen LogP) is 12.7. The van der Waals surface area contributed by atoms with Gasteiger partial charge in [-0.05, 0) is 128 Å². The van der Waals surface area contributed by atoms with Crippen LogP contribution in [0.4, 0.5) is 0 Å². The number of halogens is 1. The molecule has 0 rings (SSSR count). The van der Waals surface area contributed by atoms with Crippen LogP contribution in [0.5, 0.6) is 0 Å². The predicted molar refractivity (Wildman–Crippen MR) is 409 cm³/mol. The molecule has 0 aliphatic rings. The molecule has 0 heterocycles. The molecule has 0 atom stereocenters. The van der Waals surface area contributed by atoms with Gasteiger partial charge in [-0.3, -0.25) is 0 Å². The van der Waals surface area contributed by atoms with Gasteiger partial charge in [0.1, 0.15) is 0 Å². The van der Waals surface area contributed by atoms with E-state index in [0.29, 0.717) is 0 Å². The fourth-order valence-corrected chi connectivity index (χ4v) is 13.2. The van der Waals surface area contributed by atoms with Gasteiger partial charge in [-0.2, -0.15) is 0 Å². The third kappa shape index (κ3) is 149. The van der Waals surface area contributed by atoms with Crippen LogP contribution in [-0.4, -0.2) is 153 Å². The molecule has 0 amide bonds. The zero-order chi connectivity index (χ0) is 71.3. The van der Waals surface area contributed by atoms with E-state index in [-0.39, 0.29) is 225 Å². The van der Waals surface area contributed by atoms with Gasteiger partial charge in [-0.15, -0.1) is 0 Å². The third-order valence-electron chi connectivity index (χ3n) is 19.7. The molecule has 29 nitrogen and oxygen atoms in total. The molecular weight excluding hydrogens is 2120 g/mol. The fourth-order valence-electron chi connectivity index (χ4n) is 13.2. The van der Waals surface area contributed by atoms with Crippen molar-refractivity contribution in [2.75, 3.05) is 131 Å². The summed E-state index contributed by atoms with van der Waals surface area (Å²) in [6.07, 6.45) is 55.3. The maximum absolute atomic E-state index is 9.62. The SMILES string of the molecule is CCCC[N+](CCCC)(CCCC)CCCC.CCCC[N+](CCCC)(CCCC)CCCC.CCCC[N+](CCCC)(CCCC)CCCC.CCCC[N+](CCCC)(CCCC)CCCC.CCCC[N+](CCCC)(CCCC)CCCC.[Mo].[Mo].[Mo].[Mo].[Mo].[Mo].[O-2].[O-2].[O-2].[O-2].[O-2].[O-2].[O-2].[O-2].[O-2].[O-2].[O-2].[O-2].[O-2].[O-2].[O-2].[O-2].[O-2].[O-2].[O-][I+]([O-])([O-])([O-])([O-])[O-]. The van der Waals surface area contributed by atoms with E-state index < -0.39 is 18.2 Å². The van der Waals surface area contributed by atoms with Gasteiger partial charge >= 0.3 is 38.8 Å². The van der Waals surface area contributed by atoms with Gasteiger partial charge < -0.3 is 121 Å². The number of unbranched alkanes of at least 4 members (excludes halogenated alkanes) is 20. The Bertz CT molecular complexity index is 1100. The minimum absolute atomic E-state index is 0. The van der Waals surface area contributed by atoms with Gasteiger partial charge in [0.2, 0.25) is 0 Å². The Morgan fingerprint density at radius 3 is 0.181 bits per heavy atom. The summed E-state index contributed by atoms with van der Waals surface area (Å²) in [6, 6.07) is 0. The van der Waals surface area contributed by atoms with Crippen LogP contribution in [-0.2, 0) is 225 Å². The molecule has 748 valence electrons. The van der Waals surface area contributed by atoms with Crippen molar-refractivity contribution in [3.63, 3.8) is 0 Å². The van der Waals surface area contributed by atoms with Crippen molar-refractivity contribution < 1.29 is 286 Å². The van der Waals surface area contributed by atoms with Crippen molar-refractivity contribution in [3.05, 3.63) is 0 Å². The standard InChI is InChI=1S/5C16H36N.IO6.6Mo.18O/c5*1-5-9-13-17(14-10-6-2,15-11-7-3)16-12-8-4;2-1(3,4,5,6)7;;;;;;;;;;;;;;;;;;;;;;;;/h5*5-16H2,1-4H3;;;;;;;;;;;;;;;;;;;;;;;;;/q5*+1;-5;;;;;;;18*-2. The quantitative estimate of drug-likeness (QED) is 0.0323. The molecule has 0 spiro atoms. The summed E-state index contributed by atoms with van der Waals surface area (Å²) in [6.45, 7) is 75.1. The first-order chi connectivity index (χ1) is 43.7. The molecule has 36 heteroatoms. The third-order valence-corrected chi connectivity index (χ3v) is 19.7. The average molecular weight is 2300 g/mol. The molecule has 116 heavy (non-hydrogen) atoms. The molecule has 0 radical (unpaired) electrons. The first-order valence-corrected chi connectivity index (χ1v) is 46.7. The number of quaternary nitrogens is 5. The van der Waals surface area contributed by atoms with Gasteiger partial charge in [-0.1, -0.05) is 267 Å². The second kappa shape index (κ2) is 139. The summed E-state index contributed by atoms with van der Waals surface area (Å²) in [7, 11) is 0. The molecule has 0 aliphatic carbocycles. The zero-order valence-electron chi connectivity index (χ0n) is 77.3. The van der Waals surface area contributed by atoms with Crippen LogP contribution in [0.2, 0.25) is 0 Å². The Hall–Kier alpha value is 3.70. The minimum atomic E-state index is -9.62. The molecule has 0 unspecified atom stereocenters. The van der Waals surface area contributed by atoms with Crippen LogP contribution in [0.15, 0.2) is 0 Å². The summed E-state index contributed by atoms with van der Waals surface area (Å²) in [4.78, 5) is 0. The normalized spacial score (nSPS) is 10.2. The summed E-state index contributed by atoms with van der Waals surface area (Å²) >= 11 is -9.62. The molecule has 0 saturated heterocycles. The summed E-state index contributed by atoms with van der Waals surface area (Å²) in [5.41, 5.74) is 0. The number of rotatable bonds is 60. The first-order valence-electron chi connectivity index (χ1n) is 41.4. The average Bonchev–Trinajstić information content (AvgIpc) is 0.790. The molecule has 0 aliphatic heterocycles. The van der Waals surface area contributed by atoms with Crippen LogP contribution in [0.25, 0.3) is 0 Å². The van der Waals surface area contributed by atoms with Crippen LogP contribution >= 0.6 is 0 Å². The van der Waals surface area contributed by atoms with Crippen LogP contribution < -0.4 is 38.8 Å². The van der Waals surface area contributed by atoms with Crippen molar-refractivity contribution in [1.29, 1.82) is 0 Å². The van der Waals surface area contributed by atoms with Gasteiger partial charge in [-0.25, -0.2) is 0 Å². The monoisotopic (exact) mass is 2310 g/mol. The molecule has 0 aromatic heterocycles. The van der Waals surface area contributed by atoms with E-state index in [1.807, 2.05) is 0 Å². The number of hydrogen-bond donors (Lipinski definition) is 0. The first kappa shape index (κ1) is 210. The molecule has 0 saturated carbocycles. The number of nitrogens with zero attached hydrogens (tertiary/aromatic N) is 5. The van der Waals surface area contributed by atoms with E-state index in [0.717, 1.165) is 0 Å². The van der Waals surface area contributed by atoms with Gasteiger partial charge in [0.05, 0.1) is 131 Å². The van der Waals surface area contributed by atoms with Crippen molar-refractivity contribution in [3.8, 4) is 0 Å². The van der Waals surface area contributed by atoms with Crippen LogP contribution in [0, 0.1) is 0 Å². The molecular formula is C80H180IMo6N5O24-36. The number of hydrogen-bond acceptors (Lipinski definition) is 6. The zero-order valence-corrected chi connectivity index (χ0v) is 91.5. The Kier molecular flexibility index (Phi) is 251. The van der Waals surface area contributed by atoms with E-state index in [9.17, 15) is 0 Å². The van der Waals surface area contributed by atoms with Gasteiger partial charge in [0, 0.05) is 126 Å². The van der Waals surface area contributed by atoms with Crippen LogP contribution in [0.3, 0.4) is 0 Å². The Morgan fingerprint density at radius 1 is 0.121 bits per heavy atom. The summed E-state index contributed by atoms with van der Waals surface area (Å²) < 4.78 is 59.1. The second-order valence-corrected chi connectivity index (χ2v) is 34.6. The van der Waals surface area contributed by atoms with Crippen molar-refractivity contribution in [2.45, 2.75) is 395 Å². The topological polar surface area (TPSA) is 651 Å².